The molecule has 0 amide bonds. The normalized spacial score (nSPS) is 11.7. The highest BCUT2D eigenvalue weighted by Crippen LogP contribution is 2.24. The Labute approximate surface area is 143 Å². The van der Waals surface area contributed by atoms with Crippen LogP contribution in [0.1, 0.15) is 5.56 Å². The molecule has 0 radical (unpaired) electrons. The van der Waals surface area contributed by atoms with E-state index in [1.807, 2.05) is 48.5 Å². The Morgan fingerprint density at radius 3 is 2.58 bits per heavy atom. The van der Waals surface area contributed by atoms with Crippen LogP contribution in [0.3, 0.4) is 0 Å². The largest absolute Gasteiger partial charge is 0.350 e. The minimum absolute atomic E-state index is 0.313. The van der Waals surface area contributed by atoms with Gasteiger partial charge in [-0.3, -0.25) is 4.79 Å². The standard InChI is InChI=1S/C17H11BrN4O2/c18-11-6-7-13-12(8-11)14-15(20-13)16(23)22(17(24)21-14)19-9-10-4-2-1-3-5-10/h1-9,20H,(H,21,24)/b19-9+. The quantitative estimate of drug-likeness (QED) is 0.522. The van der Waals surface area contributed by atoms with Gasteiger partial charge in [0.05, 0.1) is 11.7 Å². The maximum atomic E-state index is 12.6. The molecule has 4 aromatic rings. The van der Waals surface area contributed by atoms with Gasteiger partial charge in [0.2, 0.25) is 0 Å². The van der Waals surface area contributed by atoms with Crippen molar-refractivity contribution in [2.45, 2.75) is 0 Å². The topological polar surface area (TPSA) is 83.0 Å². The van der Waals surface area contributed by atoms with E-state index in [0.29, 0.717) is 11.0 Å². The summed E-state index contributed by atoms with van der Waals surface area (Å²) in [5.74, 6) is 0. The number of aromatic amines is 2. The molecular weight excluding hydrogens is 372 g/mol. The lowest BCUT2D eigenvalue weighted by atomic mass is 10.2. The maximum Gasteiger partial charge on any atom is 0.350 e. The van der Waals surface area contributed by atoms with Gasteiger partial charge < -0.3 is 9.97 Å². The first-order valence-electron chi connectivity index (χ1n) is 7.19. The Kier molecular flexibility index (Phi) is 3.42. The van der Waals surface area contributed by atoms with Gasteiger partial charge >= 0.3 is 11.2 Å². The second kappa shape index (κ2) is 5.61. The van der Waals surface area contributed by atoms with Crippen molar-refractivity contribution in [1.29, 1.82) is 0 Å². The number of hydrogen-bond donors (Lipinski definition) is 2. The molecule has 0 aliphatic carbocycles. The summed E-state index contributed by atoms with van der Waals surface area (Å²) < 4.78 is 1.68. The molecule has 2 aromatic carbocycles. The van der Waals surface area contributed by atoms with E-state index in [2.05, 4.69) is 31.0 Å². The minimum Gasteiger partial charge on any atom is -0.349 e. The van der Waals surface area contributed by atoms with Gasteiger partial charge in [0.15, 0.2) is 0 Å². The molecule has 0 aliphatic heterocycles. The third kappa shape index (κ3) is 2.39. The van der Waals surface area contributed by atoms with Crippen molar-refractivity contribution in [3.63, 3.8) is 0 Å². The summed E-state index contributed by atoms with van der Waals surface area (Å²) in [6, 6.07) is 14.8. The first kappa shape index (κ1) is 14.6. The SMILES string of the molecule is O=c1[nH]c2c([nH]c3ccc(Br)cc32)c(=O)n1/N=C/c1ccccc1. The van der Waals surface area contributed by atoms with Gasteiger partial charge in [0.25, 0.3) is 0 Å². The van der Waals surface area contributed by atoms with Crippen molar-refractivity contribution in [1.82, 2.24) is 14.6 Å². The lowest BCUT2D eigenvalue weighted by molar-refractivity contribution is 0.770. The molecule has 0 saturated carbocycles. The zero-order valence-electron chi connectivity index (χ0n) is 12.3. The van der Waals surface area contributed by atoms with E-state index in [0.717, 1.165) is 25.6 Å². The molecule has 2 aromatic heterocycles. The second-order valence-electron chi connectivity index (χ2n) is 5.27. The fourth-order valence-electron chi connectivity index (χ4n) is 2.58. The van der Waals surface area contributed by atoms with Crippen molar-refractivity contribution in [3.05, 3.63) is 79.4 Å². The molecule has 0 saturated heterocycles. The first-order chi connectivity index (χ1) is 11.6. The Morgan fingerprint density at radius 2 is 1.79 bits per heavy atom. The summed E-state index contributed by atoms with van der Waals surface area (Å²) in [4.78, 5) is 30.6. The van der Waals surface area contributed by atoms with E-state index in [1.54, 1.807) is 0 Å². The average Bonchev–Trinajstić information content (AvgIpc) is 2.94. The zero-order valence-corrected chi connectivity index (χ0v) is 13.9. The van der Waals surface area contributed by atoms with Gasteiger partial charge in [-0.25, -0.2) is 4.79 Å². The van der Waals surface area contributed by atoms with E-state index in [9.17, 15) is 9.59 Å². The Balaban J connectivity index is 1.95. The van der Waals surface area contributed by atoms with Gasteiger partial charge in [0.1, 0.15) is 5.52 Å². The summed E-state index contributed by atoms with van der Waals surface area (Å²) >= 11 is 3.39. The van der Waals surface area contributed by atoms with Gasteiger partial charge in [-0.15, -0.1) is 4.68 Å². The van der Waals surface area contributed by atoms with Gasteiger partial charge in [-0.05, 0) is 23.8 Å². The van der Waals surface area contributed by atoms with E-state index >= 15 is 0 Å². The van der Waals surface area contributed by atoms with E-state index < -0.39 is 11.2 Å². The zero-order chi connectivity index (χ0) is 16.7. The third-order valence-electron chi connectivity index (χ3n) is 3.71. The van der Waals surface area contributed by atoms with Crippen LogP contribution in [-0.4, -0.2) is 20.9 Å². The molecule has 118 valence electrons. The van der Waals surface area contributed by atoms with Crippen molar-refractivity contribution >= 4 is 44.1 Å². The van der Waals surface area contributed by atoms with Crippen LogP contribution in [0.15, 0.2) is 67.7 Å². The number of H-pyrrole nitrogens is 2. The van der Waals surface area contributed by atoms with Crippen LogP contribution in [0.5, 0.6) is 0 Å². The summed E-state index contributed by atoms with van der Waals surface area (Å²) in [7, 11) is 0. The van der Waals surface area contributed by atoms with Crippen LogP contribution in [0.25, 0.3) is 21.9 Å². The highest BCUT2D eigenvalue weighted by Gasteiger charge is 2.12. The predicted octanol–water partition coefficient (Wildman–Crippen LogP) is 2.82. The van der Waals surface area contributed by atoms with E-state index in [4.69, 9.17) is 0 Å². The number of nitrogens with one attached hydrogen (secondary N) is 2. The predicted molar refractivity (Wildman–Crippen MR) is 97.8 cm³/mol. The Bertz CT molecular complexity index is 1200. The molecule has 0 fully saturated rings. The van der Waals surface area contributed by atoms with Crippen LogP contribution in [0.4, 0.5) is 0 Å². The molecule has 2 N–H and O–H groups in total. The molecular formula is C17H11BrN4O2. The Morgan fingerprint density at radius 1 is 1.00 bits per heavy atom. The highest BCUT2D eigenvalue weighted by atomic mass is 79.9. The van der Waals surface area contributed by atoms with Gasteiger partial charge in [-0.1, -0.05) is 46.3 Å². The molecule has 0 spiro atoms. The second-order valence-corrected chi connectivity index (χ2v) is 6.18. The molecule has 2 heterocycles. The average molecular weight is 383 g/mol. The van der Waals surface area contributed by atoms with Crippen LogP contribution < -0.4 is 11.2 Å². The molecule has 4 rings (SSSR count). The molecule has 0 aliphatic rings. The van der Waals surface area contributed by atoms with Crippen LogP contribution in [0.2, 0.25) is 0 Å². The van der Waals surface area contributed by atoms with Crippen molar-refractivity contribution in [2.24, 2.45) is 5.10 Å². The van der Waals surface area contributed by atoms with Crippen molar-refractivity contribution in [3.8, 4) is 0 Å². The van der Waals surface area contributed by atoms with E-state index in [-0.39, 0.29) is 0 Å². The molecule has 7 heteroatoms. The number of halogens is 1. The molecule has 6 nitrogen and oxygen atoms in total. The maximum absolute atomic E-state index is 12.6. The molecule has 0 bridgehead atoms. The number of benzene rings is 2. The summed E-state index contributed by atoms with van der Waals surface area (Å²) in [5, 5.41) is 4.79. The van der Waals surface area contributed by atoms with Gasteiger partial charge in [0, 0.05) is 15.4 Å². The smallest absolute Gasteiger partial charge is 0.349 e. The highest BCUT2D eigenvalue weighted by molar-refractivity contribution is 9.10. The Hall–Kier alpha value is -2.93. The van der Waals surface area contributed by atoms with Crippen molar-refractivity contribution < 1.29 is 0 Å². The summed E-state index contributed by atoms with van der Waals surface area (Å²) in [6.45, 7) is 0. The minimum atomic E-state index is -0.583. The van der Waals surface area contributed by atoms with Crippen LogP contribution in [-0.2, 0) is 0 Å². The number of nitrogens with zero attached hydrogens (tertiary/aromatic N) is 2. The monoisotopic (exact) mass is 382 g/mol. The lowest BCUT2D eigenvalue weighted by Gasteiger charge is -1.98. The number of aromatic nitrogens is 3. The van der Waals surface area contributed by atoms with Crippen LogP contribution in [0, 0.1) is 0 Å². The fourth-order valence-corrected chi connectivity index (χ4v) is 2.94. The number of hydrogen-bond acceptors (Lipinski definition) is 3. The number of rotatable bonds is 2. The van der Waals surface area contributed by atoms with Crippen molar-refractivity contribution in [2.75, 3.05) is 0 Å². The lowest BCUT2D eigenvalue weighted by Crippen LogP contribution is -2.32. The fraction of sp³-hybridized carbons (Fsp3) is 0. The molecule has 0 atom stereocenters. The molecule has 0 unspecified atom stereocenters. The summed E-state index contributed by atoms with van der Waals surface area (Å²) in [5.41, 5.74) is 1.28. The first-order valence-corrected chi connectivity index (χ1v) is 7.98. The molecule has 24 heavy (non-hydrogen) atoms. The third-order valence-corrected chi connectivity index (χ3v) is 4.21. The summed E-state index contributed by atoms with van der Waals surface area (Å²) in [6.07, 6.45) is 1.47. The number of fused-ring (bicyclic) bond motifs is 3. The van der Waals surface area contributed by atoms with E-state index in [1.165, 1.54) is 6.21 Å². The van der Waals surface area contributed by atoms with Gasteiger partial charge in [-0.2, -0.15) is 5.10 Å². The van der Waals surface area contributed by atoms with Crippen LogP contribution >= 0.6 is 15.9 Å².